The van der Waals surface area contributed by atoms with Crippen LogP contribution in [0.1, 0.15) is 441 Å². The van der Waals surface area contributed by atoms with Crippen LogP contribution in [0.5, 0.6) is 0 Å². The van der Waals surface area contributed by atoms with Gasteiger partial charge in [-0.3, -0.25) is 42.8 Å². The van der Waals surface area contributed by atoms with E-state index < -0.39 is 0 Å². The van der Waals surface area contributed by atoms with Crippen LogP contribution < -0.4 is 21.3 Å². The van der Waals surface area contributed by atoms with E-state index in [1.165, 1.54) is 228 Å². The largest absolute Gasteiger partial charge is 0.466 e. The van der Waals surface area contributed by atoms with Crippen LogP contribution in [0, 0.1) is 80.7 Å². The van der Waals surface area contributed by atoms with Crippen molar-refractivity contribution in [3.63, 3.8) is 0 Å². The summed E-state index contributed by atoms with van der Waals surface area (Å²) in [6, 6.07) is 8.43. The molecule has 0 saturated heterocycles. The maximum Gasteiger partial charge on any atom is 0.311 e. The Morgan fingerprint density at radius 1 is 0.437 bits per heavy atom. The molecule has 126 heavy (non-hydrogen) atoms. The highest BCUT2D eigenvalue weighted by Crippen LogP contribution is 2.64. The van der Waals surface area contributed by atoms with Gasteiger partial charge < -0.3 is 30.7 Å². The Morgan fingerprint density at radius 2 is 0.897 bits per heavy atom. The molecule has 5 aromatic rings. The molecule has 22 heteroatoms. The van der Waals surface area contributed by atoms with Crippen LogP contribution in [0.3, 0.4) is 0 Å². The molecule has 9 unspecified atom stereocenters. The fourth-order valence-corrected chi connectivity index (χ4v) is 30.0. The smallest absolute Gasteiger partial charge is 0.311 e. The number of rotatable bonds is 17. The molecule has 4 aromatic heterocycles. The molecule has 20 nitrogen and oxygen atoms in total. The van der Waals surface area contributed by atoms with E-state index in [1.807, 2.05) is 18.5 Å². The second-order valence-corrected chi connectivity index (χ2v) is 45.0. The molecule has 4 amide bonds. The van der Waals surface area contributed by atoms with Crippen molar-refractivity contribution in [3.8, 4) is 5.69 Å². The first kappa shape index (κ1) is 89.7. The third-order valence-electron chi connectivity index (χ3n) is 35.9. The zero-order chi connectivity index (χ0) is 87.5. The third-order valence-corrected chi connectivity index (χ3v) is 36.3. The minimum absolute atomic E-state index is 0.0101. The van der Waals surface area contributed by atoms with Crippen molar-refractivity contribution < 1.29 is 42.6 Å². The molecule has 688 valence electrons. The van der Waals surface area contributed by atoms with E-state index in [2.05, 4.69) is 76.9 Å². The van der Waals surface area contributed by atoms with Crippen LogP contribution >= 0.6 is 11.6 Å². The Bertz CT molecular complexity index is 4700. The maximum atomic E-state index is 13.9. The number of fused-ring (bicyclic) bond motifs is 8. The van der Waals surface area contributed by atoms with Crippen LogP contribution in [-0.4, -0.2) is 112 Å². The van der Waals surface area contributed by atoms with Crippen molar-refractivity contribution in [3.05, 3.63) is 97.9 Å². The molecule has 13 saturated carbocycles. The quantitative estimate of drug-likeness (QED) is 0.0502. The second-order valence-electron chi connectivity index (χ2n) is 44.5. The Hall–Kier alpha value is -6.90. The first-order valence-corrected chi connectivity index (χ1v) is 51.7. The van der Waals surface area contributed by atoms with Gasteiger partial charge in [0.15, 0.2) is 22.8 Å². The molecular formula is C104H150ClFN12O8. The molecule has 0 spiro atoms. The van der Waals surface area contributed by atoms with E-state index in [0.29, 0.717) is 102 Å². The van der Waals surface area contributed by atoms with Gasteiger partial charge in [-0.05, 0) is 320 Å². The number of benzene rings is 1. The highest BCUT2D eigenvalue weighted by molar-refractivity contribution is 6.21. The number of alkyl halides is 1. The normalized spacial score (nSPS) is 32.3. The number of nitrogens with zero attached hydrogens (tertiary/aromatic N) is 8. The highest BCUT2D eigenvalue weighted by Gasteiger charge is 2.62. The lowest BCUT2D eigenvalue weighted by atomic mass is 9.54. The topological polar surface area (TPSA) is 240 Å². The first-order valence-electron chi connectivity index (χ1n) is 51.3. The van der Waals surface area contributed by atoms with E-state index >= 15 is 0 Å². The van der Waals surface area contributed by atoms with Crippen LogP contribution in [0.2, 0.25) is 0 Å². The van der Waals surface area contributed by atoms with E-state index in [4.69, 9.17) is 41.5 Å². The molecule has 11 atom stereocenters. The number of aromatic nitrogens is 8. The summed E-state index contributed by atoms with van der Waals surface area (Å²) in [4.78, 5) is 79.4. The Morgan fingerprint density at radius 3 is 1.46 bits per heavy atom. The first-order chi connectivity index (χ1) is 60.9. The predicted octanol–water partition coefficient (Wildman–Crippen LogP) is 21.6. The molecule has 4 heterocycles. The summed E-state index contributed by atoms with van der Waals surface area (Å²) in [5.41, 5.74) is 13.2. The van der Waals surface area contributed by atoms with E-state index in [-0.39, 0.29) is 98.4 Å². The standard InChI is InChI=1S/C30H40FN3O.C27H41N3O3.C24H34ClN3O.C23H35N3O3/c1-29(2)20-16-17-30(3,18-20)28(29)32-27(35)25-24-11-7-10-23(19-8-5-4-6-9-19)26(24)34(33-25)22-14-12-21(31)13-15-22;1-5-33-24(32)17-11-12-21-20(15-17)22(29-30(21)19-9-7-6-8-10-19)23(31)28-25-26(2,3)18-13-14-27(25,4)16-18;25-20-8-4-7-19-22(27-28(23(19)20)18-5-2-1-3-6-18)24(29)26-21-16-10-14-9-15(12-16)13-17(21)11-14;1-2-29-23(28)17-12-6-8-14-19(17)24-22(27)21-18-13-7-9-15-20(18)26(25-21)16-10-4-3-5-11-16/h12-15,19-20,23,28H,4-11,16-18H2,1-3H3,(H,32,35);17-19,25H,5-16H2,1-4H3,(H,28,31);14-18,20-21H,1-13H2,(H,26,29);16-17,19H,2-15H2,1H3,(H,24,27)/t;;;17-,19+/m...1/s1. The average molecular weight is 1750 g/mol. The van der Waals surface area contributed by atoms with E-state index in [9.17, 15) is 33.2 Å². The lowest BCUT2D eigenvalue weighted by Crippen LogP contribution is -2.56. The van der Waals surface area contributed by atoms with Crippen LogP contribution in [0.15, 0.2) is 24.3 Å². The Balaban J connectivity index is 0.000000114. The molecule has 1 aromatic carbocycles. The molecule has 17 aliphatic carbocycles. The summed E-state index contributed by atoms with van der Waals surface area (Å²) in [6.07, 6.45) is 55.2. The van der Waals surface area contributed by atoms with Gasteiger partial charge >= 0.3 is 11.9 Å². The number of amides is 4. The fourth-order valence-electron chi connectivity index (χ4n) is 29.7. The van der Waals surface area contributed by atoms with Crippen molar-refractivity contribution in [2.24, 2.45) is 74.9 Å². The molecular weight excluding hydrogens is 1600 g/mol. The van der Waals surface area contributed by atoms with Gasteiger partial charge in [-0.1, -0.05) is 131 Å². The van der Waals surface area contributed by atoms with Crippen LogP contribution in [0.4, 0.5) is 4.39 Å². The number of carbonyl (C=O) groups excluding carboxylic acids is 6. The Kier molecular flexibility index (Phi) is 26.9. The zero-order valence-electron chi connectivity index (χ0n) is 77.7. The van der Waals surface area contributed by atoms with Gasteiger partial charge in [-0.25, -0.2) is 9.07 Å². The zero-order valence-corrected chi connectivity index (χ0v) is 78.4. The number of carbonyl (C=O) groups is 6. The van der Waals surface area contributed by atoms with Crippen molar-refractivity contribution in [2.75, 3.05) is 13.2 Å². The number of esters is 2. The maximum absolute atomic E-state index is 13.9. The van der Waals surface area contributed by atoms with Crippen molar-refractivity contribution in [1.29, 1.82) is 0 Å². The summed E-state index contributed by atoms with van der Waals surface area (Å²) >= 11 is 6.79. The lowest BCUT2D eigenvalue weighted by Gasteiger charge is -2.54. The summed E-state index contributed by atoms with van der Waals surface area (Å²) in [5.74, 6) is 4.65. The van der Waals surface area contributed by atoms with E-state index in [0.717, 1.165) is 149 Å². The third kappa shape index (κ3) is 17.8. The van der Waals surface area contributed by atoms with Crippen molar-refractivity contribution >= 4 is 47.2 Å². The summed E-state index contributed by atoms with van der Waals surface area (Å²) < 4.78 is 32.9. The summed E-state index contributed by atoms with van der Waals surface area (Å²) in [5, 5.41) is 33.5. The molecule has 0 radical (unpaired) electrons. The number of ether oxygens (including phenoxy) is 2. The average Bonchev–Trinajstić information content (AvgIpc) is 1.55. The molecule has 4 N–H and O–H groups in total. The second kappa shape index (κ2) is 37.8. The predicted molar refractivity (Wildman–Crippen MR) is 488 cm³/mol. The van der Waals surface area contributed by atoms with Gasteiger partial charge in [0.05, 0.1) is 65.6 Å². The monoisotopic (exact) mass is 1750 g/mol. The molecule has 8 bridgehead atoms. The minimum atomic E-state index is -0.247. The molecule has 17 aliphatic rings. The van der Waals surface area contributed by atoms with Crippen LogP contribution in [-0.2, 0) is 57.6 Å². The van der Waals surface area contributed by atoms with Gasteiger partial charge in [0.25, 0.3) is 23.6 Å². The van der Waals surface area contributed by atoms with Crippen LogP contribution in [0.25, 0.3) is 5.69 Å². The van der Waals surface area contributed by atoms with Gasteiger partial charge in [0, 0.05) is 63.7 Å². The van der Waals surface area contributed by atoms with Gasteiger partial charge in [0.2, 0.25) is 0 Å². The Labute approximate surface area is 754 Å². The summed E-state index contributed by atoms with van der Waals surface area (Å²) in [6.45, 7) is 18.5. The van der Waals surface area contributed by atoms with Crippen molar-refractivity contribution in [2.45, 2.75) is 417 Å². The summed E-state index contributed by atoms with van der Waals surface area (Å²) in [7, 11) is 0. The molecule has 22 rings (SSSR count). The lowest BCUT2D eigenvalue weighted by molar-refractivity contribution is -0.150. The number of hydrogen-bond acceptors (Lipinski definition) is 12. The molecule has 0 aliphatic heterocycles. The number of hydrogen-bond donors (Lipinski definition) is 4. The number of nitrogens with one attached hydrogen (secondary N) is 4. The van der Waals surface area contributed by atoms with E-state index in [1.54, 1.807) is 12.1 Å². The minimum Gasteiger partial charge on any atom is -0.466 e. The number of halogens is 2. The molecule has 13 fully saturated rings. The highest BCUT2D eigenvalue weighted by atomic mass is 35.5. The van der Waals surface area contributed by atoms with Gasteiger partial charge in [-0.2, -0.15) is 20.4 Å². The van der Waals surface area contributed by atoms with Gasteiger partial charge in [-0.15, -0.1) is 11.6 Å². The van der Waals surface area contributed by atoms with Crippen molar-refractivity contribution in [1.82, 2.24) is 60.4 Å². The van der Waals surface area contributed by atoms with Gasteiger partial charge in [0.1, 0.15) is 5.82 Å². The fraction of sp³-hybridized carbons (Fsp3) is 0.769. The SMILES string of the molecule is CC12CCC(C1)C(C)(C)C2NC(=O)c1nn(-c2ccc(F)cc2)c2c1CCCC2C1CCCCC1.CCOC(=O)C1CCc2c(c(C(=O)NC3C4(C)CCC(C4)C3(C)C)nn2C2CCCCC2)C1.CCOC(=O)[C@@H]1CCCC[C@@H]1NC(=O)c1nn(C2CCCCC2)c2c1CCCC2.O=C(NC1C2CC3CC(C2)CC1C3)c1nn(C2CCCCC2)c2c1CCCC2Cl.